The first-order chi connectivity index (χ1) is 18.4. The minimum atomic E-state index is -1.00. The van der Waals surface area contributed by atoms with Crippen molar-refractivity contribution in [2.45, 2.75) is 76.3 Å². The molecule has 38 heavy (non-hydrogen) atoms. The fourth-order valence-electron chi connectivity index (χ4n) is 4.90. The van der Waals surface area contributed by atoms with E-state index >= 15 is 0 Å². The first kappa shape index (κ1) is 28.1. The van der Waals surface area contributed by atoms with E-state index in [9.17, 15) is 9.59 Å². The molecule has 0 aromatic carbocycles. The fraction of sp³-hybridized carbons (Fsp3) is 0.654. The van der Waals surface area contributed by atoms with E-state index < -0.39 is 6.09 Å². The largest absolute Gasteiger partial charge is 0.465 e. The Kier molecular flexibility index (Phi) is 10.2. The van der Waals surface area contributed by atoms with Gasteiger partial charge < -0.3 is 26.4 Å². The van der Waals surface area contributed by atoms with Crippen molar-refractivity contribution in [3.8, 4) is 11.3 Å². The molecule has 2 heterocycles. The van der Waals surface area contributed by atoms with Crippen molar-refractivity contribution in [1.82, 2.24) is 35.7 Å². The van der Waals surface area contributed by atoms with Crippen molar-refractivity contribution < 1.29 is 14.7 Å². The number of aryl methyl sites for hydroxylation is 1. The summed E-state index contributed by atoms with van der Waals surface area (Å²) in [7, 11) is 1.97. The van der Waals surface area contributed by atoms with Crippen LogP contribution in [0.15, 0.2) is 12.4 Å². The van der Waals surface area contributed by atoms with Crippen LogP contribution in [-0.2, 0) is 18.3 Å². The number of unbranched alkanes of at least 4 members (excludes halogenated alkanes) is 2. The summed E-state index contributed by atoms with van der Waals surface area (Å²) in [6, 6.07) is 0.578. The molecule has 2 aromatic heterocycles. The molecule has 208 valence electrons. The van der Waals surface area contributed by atoms with Crippen LogP contribution in [0.2, 0.25) is 5.02 Å². The van der Waals surface area contributed by atoms with Gasteiger partial charge in [-0.2, -0.15) is 5.10 Å². The second-order valence-electron chi connectivity index (χ2n) is 10.4. The Morgan fingerprint density at radius 3 is 2.45 bits per heavy atom. The van der Waals surface area contributed by atoms with Crippen LogP contribution >= 0.6 is 11.6 Å². The Morgan fingerprint density at radius 1 is 1.03 bits per heavy atom. The van der Waals surface area contributed by atoms with E-state index in [1.165, 1.54) is 18.5 Å². The molecule has 0 saturated heterocycles. The number of hydrogen-bond acceptors (Lipinski definition) is 7. The van der Waals surface area contributed by atoms with E-state index in [0.29, 0.717) is 36.6 Å². The molecule has 2 aliphatic carbocycles. The molecule has 2 aliphatic rings. The highest BCUT2D eigenvalue weighted by Crippen LogP contribution is 2.37. The average Bonchev–Trinajstić information content (AvgIpc) is 3.65. The molecule has 0 atom stereocenters. The Morgan fingerprint density at radius 2 is 1.74 bits per heavy atom. The lowest BCUT2D eigenvalue weighted by atomic mass is 9.91. The Bertz CT molecular complexity index is 1080. The van der Waals surface area contributed by atoms with Crippen molar-refractivity contribution in [2.24, 2.45) is 13.0 Å². The smallest absolute Gasteiger partial charge is 0.404 e. The van der Waals surface area contributed by atoms with Gasteiger partial charge in [0.1, 0.15) is 0 Å². The molecule has 2 saturated carbocycles. The predicted molar refractivity (Wildman–Crippen MR) is 146 cm³/mol. The summed E-state index contributed by atoms with van der Waals surface area (Å²) in [5.41, 5.74) is 2.88. The highest BCUT2D eigenvalue weighted by molar-refractivity contribution is 6.32. The predicted octanol–water partition coefficient (Wildman–Crippen LogP) is 3.35. The zero-order valence-corrected chi connectivity index (χ0v) is 22.8. The number of carbonyl (C=O) groups is 2. The first-order valence-corrected chi connectivity index (χ1v) is 14.0. The number of rotatable bonds is 14. The fourth-order valence-corrected chi connectivity index (χ4v) is 5.09. The number of halogens is 1. The molecule has 11 nitrogen and oxygen atoms in total. The summed E-state index contributed by atoms with van der Waals surface area (Å²) in [6.07, 6.45) is 12.4. The van der Waals surface area contributed by atoms with Crippen molar-refractivity contribution in [2.75, 3.05) is 25.0 Å². The first-order valence-electron chi connectivity index (χ1n) is 13.7. The third kappa shape index (κ3) is 8.56. The zero-order valence-electron chi connectivity index (χ0n) is 22.0. The standard InChI is InChI=1S/C26H39ClN8O3/c1-35-22(13-17-5-6-17)20(14-32-35)24-21(27)15-31-25(34-24)33-19-9-7-18(8-10-19)30-16-23(36)28-11-3-2-4-12-29-26(37)38/h14-15,17-19,29-30H,2-13,16H2,1H3,(H,28,36)(H,37,38)(H,31,33,34)/t18-,19-. The highest BCUT2D eigenvalue weighted by Gasteiger charge is 2.27. The number of nitrogens with one attached hydrogen (secondary N) is 4. The molecule has 4 rings (SSSR count). The molecule has 0 unspecified atom stereocenters. The number of hydrogen-bond donors (Lipinski definition) is 5. The van der Waals surface area contributed by atoms with E-state index in [-0.39, 0.29) is 11.9 Å². The number of amides is 2. The Labute approximate surface area is 228 Å². The Hall–Kier alpha value is -2.92. The minimum absolute atomic E-state index is 0.00698. The van der Waals surface area contributed by atoms with E-state index in [0.717, 1.165) is 68.5 Å². The molecule has 0 aliphatic heterocycles. The van der Waals surface area contributed by atoms with Gasteiger partial charge in [-0.05, 0) is 70.1 Å². The molecule has 0 bridgehead atoms. The van der Waals surface area contributed by atoms with Crippen LogP contribution in [0, 0.1) is 5.92 Å². The van der Waals surface area contributed by atoms with E-state index in [2.05, 4.69) is 31.3 Å². The third-order valence-corrected chi connectivity index (χ3v) is 7.58. The SMILES string of the molecule is Cn1ncc(-c2nc(N[C@H]3CC[C@H](NCC(=O)NCCCCCNC(=O)O)CC3)ncc2Cl)c1CC1CC1. The van der Waals surface area contributed by atoms with Crippen LogP contribution in [0.3, 0.4) is 0 Å². The Balaban J connectivity index is 1.16. The monoisotopic (exact) mass is 546 g/mol. The van der Waals surface area contributed by atoms with Gasteiger partial charge in [0.15, 0.2) is 0 Å². The van der Waals surface area contributed by atoms with Crippen LogP contribution < -0.4 is 21.3 Å². The lowest BCUT2D eigenvalue weighted by Crippen LogP contribution is -2.42. The zero-order chi connectivity index (χ0) is 26.9. The van der Waals surface area contributed by atoms with Crippen molar-refractivity contribution in [3.63, 3.8) is 0 Å². The number of nitrogens with zero attached hydrogens (tertiary/aromatic N) is 4. The quantitative estimate of drug-likeness (QED) is 0.227. The van der Waals surface area contributed by atoms with Crippen LogP contribution in [0.4, 0.5) is 10.7 Å². The summed E-state index contributed by atoms with van der Waals surface area (Å²) in [5.74, 6) is 1.31. The number of aromatic nitrogens is 4. The van der Waals surface area contributed by atoms with Crippen molar-refractivity contribution in [3.05, 3.63) is 23.1 Å². The molecule has 0 radical (unpaired) electrons. The van der Waals surface area contributed by atoms with Gasteiger partial charge in [-0.25, -0.2) is 14.8 Å². The summed E-state index contributed by atoms with van der Waals surface area (Å²) in [6.45, 7) is 1.36. The van der Waals surface area contributed by atoms with Gasteiger partial charge in [-0.3, -0.25) is 9.48 Å². The van der Waals surface area contributed by atoms with Crippen molar-refractivity contribution >= 4 is 29.5 Å². The maximum absolute atomic E-state index is 12.1. The third-order valence-electron chi connectivity index (χ3n) is 7.30. The lowest BCUT2D eigenvalue weighted by Gasteiger charge is -2.29. The summed E-state index contributed by atoms with van der Waals surface area (Å²) in [4.78, 5) is 31.7. The normalized spacial score (nSPS) is 19.2. The second-order valence-corrected chi connectivity index (χ2v) is 10.8. The average molecular weight is 547 g/mol. The van der Waals surface area contributed by atoms with Gasteiger partial charge in [0.2, 0.25) is 11.9 Å². The van der Waals surface area contributed by atoms with E-state index in [4.69, 9.17) is 21.7 Å². The van der Waals surface area contributed by atoms with Gasteiger partial charge in [-0.15, -0.1) is 0 Å². The summed E-state index contributed by atoms with van der Waals surface area (Å²) >= 11 is 6.50. The maximum atomic E-state index is 12.1. The molecule has 2 amide bonds. The van der Waals surface area contributed by atoms with Crippen LogP contribution in [0.25, 0.3) is 11.3 Å². The highest BCUT2D eigenvalue weighted by atomic mass is 35.5. The van der Waals surface area contributed by atoms with E-state index in [1.807, 2.05) is 17.9 Å². The van der Waals surface area contributed by atoms with Gasteiger partial charge >= 0.3 is 6.09 Å². The van der Waals surface area contributed by atoms with E-state index in [1.54, 1.807) is 6.20 Å². The van der Waals surface area contributed by atoms with Gasteiger partial charge in [0.25, 0.3) is 0 Å². The molecule has 5 N–H and O–H groups in total. The molecule has 2 aromatic rings. The van der Waals surface area contributed by atoms with Gasteiger partial charge in [-0.1, -0.05) is 11.6 Å². The molecular weight excluding hydrogens is 508 g/mol. The molecule has 2 fully saturated rings. The lowest BCUT2D eigenvalue weighted by molar-refractivity contribution is -0.120. The molecule has 0 spiro atoms. The molecule has 12 heteroatoms. The summed E-state index contributed by atoms with van der Waals surface area (Å²) in [5, 5.41) is 25.6. The van der Waals surface area contributed by atoms with Crippen LogP contribution in [-0.4, -0.2) is 68.6 Å². The maximum Gasteiger partial charge on any atom is 0.404 e. The minimum Gasteiger partial charge on any atom is -0.465 e. The number of carboxylic acid groups (broad SMARTS) is 1. The second kappa shape index (κ2) is 13.7. The van der Waals surface area contributed by atoms with Gasteiger partial charge in [0, 0.05) is 43.5 Å². The number of anilines is 1. The van der Waals surface area contributed by atoms with Gasteiger partial charge in [0.05, 0.1) is 29.7 Å². The van der Waals surface area contributed by atoms with Crippen LogP contribution in [0.1, 0.15) is 63.5 Å². The topological polar surface area (TPSA) is 146 Å². The van der Waals surface area contributed by atoms with Crippen LogP contribution in [0.5, 0.6) is 0 Å². The van der Waals surface area contributed by atoms with Crippen molar-refractivity contribution in [1.29, 1.82) is 0 Å². The number of carbonyl (C=O) groups excluding carboxylic acids is 1. The molecular formula is C26H39ClN8O3. The summed E-state index contributed by atoms with van der Waals surface area (Å²) < 4.78 is 1.93.